The Labute approximate surface area is 195 Å². The number of hydrogen-bond acceptors (Lipinski definition) is 4. The largest absolute Gasteiger partial charge is 0.348 e. The fraction of sp³-hybridized carbons (Fsp3) is 0.320. The van der Waals surface area contributed by atoms with Crippen molar-refractivity contribution in [3.63, 3.8) is 0 Å². The van der Waals surface area contributed by atoms with Crippen molar-refractivity contribution in [3.05, 3.63) is 84.2 Å². The molecular formula is C25H30N4O3S. The standard InChI is InChI=1S/C25H30N4O3S/c1-3-29(4-2)33(31,32)22-13-8-12-21(18-22)26-24(30)19-28-17-16-27-15-9-14-23(27)25(28)20-10-6-5-7-11-20/h5-15,18,25H,3-4,16-17,19H2,1-2H3,(H,26,30). The number of fused-ring (bicyclic) bond motifs is 1. The van der Waals surface area contributed by atoms with Crippen LogP contribution in [0.25, 0.3) is 0 Å². The van der Waals surface area contributed by atoms with Gasteiger partial charge in [-0.25, -0.2) is 8.42 Å². The Morgan fingerprint density at radius 2 is 1.76 bits per heavy atom. The fourth-order valence-corrected chi connectivity index (χ4v) is 5.96. The predicted molar refractivity (Wildman–Crippen MR) is 129 cm³/mol. The summed E-state index contributed by atoms with van der Waals surface area (Å²) < 4.78 is 29.3. The topological polar surface area (TPSA) is 74.7 Å². The number of amides is 1. The maximum Gasteiger partial charge on any atom is 0.243 e. The molecule has 1 atom stereocenters. The summed E-state index contributed by atoms with van der Waals surface area (Å²) in [4.78, 5) is 15.3. The molecule has 1 unspecified atom stereocenters. The van der Waals surface area contributed by atoms with Gasteiger partial charge in [-0.3, -0.25) is 9.69 Å². The van der Waals surface area contributed by atoms with Gasteiger partial charge in [-0.1, -0.05) is 50.2 Å². The third-order valence-electron chi connectivity index (χ3n) is 6.06. The molecule has 0 spiro atoms. The summed E-state index contributed by atoms with van der Waals surface area (Å²) in [5.41, 5.74) is 2.77. The first-order chi connectivity index (χ1) is 15.9. The van der Waals surface area contributed by atoms with Crippen LogP contribution in [0.3, 0.4) is 0 Å². The lowest BCUT2D eigenvalue weighted by Gasteiger charge is -2.36. The molecule has 8 heteroatoms. The lowest BCUT2D eigenvalue weighted by molar-refractivity contribution is -0.117. The molecule has 0 saturated heterocycles. The number of nitrogens with one attached hydrogen (secondary N) is 1. The fourth-order valence-electron chi connectivity index (χ4n) is 4.45. The molecular weight excluding hydrogens is 436 g/mol. The van der Waals surface area contributed by atoms with Crippen LogP contribution in [0.1, 0.15) is 31.1 Å². The number of sulfonamides is 1. The van der Waals surface area contributed by atoms with Gasteiger partial charge in [0, 0.05) is 43.8 Å². The Kier molecular flexibility index (Phi) is 6.97. The molecule has 1 aromatic heterocycles. The van der Waals surface area contributed by atoms with Gasteiger partial charge in [-0.2, -0.15) is 4.31 Å². The molecule has 1 amide bonds. The Balaban J connectivity index is 1.52. The third kappa shape index (κ3) is 4.88. The minimum atomic E-state index is -3.59. The van der Waals surface area contributed by atoms with Crippen molar-refractivity contribution in [1.29, 1.82) is 0 Å². The van der Waals surface area contributed by atoms with Crippen molar-refractivity contribution < 1.29 is 13.2 Å². The molecule has 0 bridgehead atoms. The van der Waals surface area contributed by atoms with E-state index >= 15 is 0 Å². The van der Waals surface area contributed by atoms with E-state index < -0.39 is 10.0 Å². The molecule has 7 nitrogen and oxygen atoms in total. The van der Waals surface area contributed by atoms with Crippen LogP contribution < -0.4 is 5.32 Å². The Morgan fingerprint density at radius 1 is 1.00 bits per heavy atom. The summed E-state index contributed by atoms with van der Waals surface area (Å²) in [6, 6.07) is 20.8. The Bertz CT molecular complexity index is 1200. The maximum atomic E-state index is 13.0. The molecule has 2 heterocycles. The second-order valence-electron chi connectivity index (χ2n) is 8.08. The van der Waals surface area contributed by atoms with E-state index in [4.69, 9.17) is 0 Å². The number of nitrogens with zero attached hydrogens (tertiary/aromatic N) is 3. The van der Waals surface area contributed by atoms with E-state index in [0.717, 1.165) is 24.3 Å². The van der Waals surface area contributed by atoms with Crippen molar-refractivity contribution in [3.8, 4) is 0 Å². The summed E-state index contributed by atoms with van der Waals surface area (Å²) in [5.74, 6) is -0.173. The molecule has 33 heavy (non-hydrogen) atoms. The van der Waals surface area contributed by atoms with Crippen LogP contribution in [-0.2, 0) is 21.4 Å². The normalized spacial score (nSPS) is 16.5. The first-order valence-electron chi connectivity index (χ1n) is 11.3. The number of carbonyl (C=O) groups is 1. The van der Waals surface area contributed by atoms with Crippen LogP contribution in [0.4, 0.5) is 5.69 Å². The summed E-state index contributed by atoms with van der Waals surface area (Å²) in [5, 5.41) is 2.90. The van der Waals surface area contributed by atoms with Gasteiger partial charge in [-0.15, -0.1) is 0 Å². The molecule has 4 rings (SSSR count). The molecule has 1 N–H and O–H groups in total. The molecule has 0 aliphatic carbocycles. The van der Waals surface area contributed by atoms with Crippen LogP contribution in [0.15, 0.2) is 77.8 Å². The second-order valence-corrected chi connectivity index (χ2v) is 10.0. The van der Waals surface area contributed by atoms with E-state index in [1.807, 2.05) is 38.1 Å². The molecule has 1 aliphatic rings. The smallest absolute Gasteiger partial charge is 0.243 e. The Morgan fingerprint density at radius 3 is 2.48 bits per heavy atom. The van der Waals surface area contributed by atoms with Crippen molar-refractivity contribution in [1.82, 2.24) is 13.8 Å². The maximum absolute atomic E-state index is 13.0. The molecule has 0 radical (unpaired) electrons. The van der Waals surface area contributed by atoms with E-state index in [2.05, 4.69) is 39.2 Å². The zero-order valence-corrected chi connectivity index (χ0v) is 19.8. The number of anilines is 1. The lowest BCUT2D eigenvalue weighted by Crippen LogP contribution is -2.42. The highest BCUT2D eigenvalue weighted by Crippen LogP contribution is 2.32. The minimum Gasteiger partial charge on any atom is -0.348 e. The van der Waals surface area contributed by atoms with Crippen LogP contribution in [-0.4, -0.2) is 54.3 Å². The van der Waals surface area contributed by atoms with Crippen molar-refractivity contribution in [2.24, 2.45) is 0 Å². The minimum absolute atomic E-state index is 0.0184. The summed E-state index contributed by atoms with van der Waals surface area (Å²) >= 11 is 0. The van der Waals surface area contributed by atoms with E-state index in [0.29, 0.717) is 18.8 Å². The van der Waals surface area contributed by atoms with Gasteiger partial charge in [0.1, 0.15) is 0 Å². The first-order valence-corrected chi connectivity index (χ1v) is 12.7. The highest BCUT2D eigenvalue weighted by atomic mass is 32.2. The summed E-state index contributed by atoms with van der Waals surface area (Å²) in [6.45, 7) is 6.18. The number of carbonyl (C=O) groups excluding carboxylic acids is 1. The van der Waals surface area contributed by atoms with Crippen LogP contribution >= 0.6 is 0 Å². The summed E-state index contributed by atoms with van der Waals surface area (Å²) in [7, 11) is -3.59. The average molecular weight is 467 g/mol. The monoisotopic (exact) mass is 466 g/mol. The van der Waals surface area contributed by atoms with E-state index in [9.17, 15) is 13.2 Å². The third-order valence-corrected chi connectivity index (χ3v) is 8.11. The molecule has 0 fully saturated rings. The van der Waals surface area contributed by atoms with Gasteiger partial charge in [-0.05, 0) is 35.9 Å². The van der Waals surface area contributed by atoms with Crippen LogP contribution in [0.5, 0.6) is 0 Å². The van der Waals surface area contributed by atoms with Gasteiger partial charge in [0.2, 0.25) is 15.9 Å². The zero-order valence-electron chi connectivity index (χ0n) is 19.0. The average Bonchev–Trinajstić information content (AvgIpc) is 3.29. The van der Waals surface area contributed by atoms with Gasteiger partial charge in [0.25, 0.3) is 0 Å². The molecule has 1 aliphatic heterocycles. The SMILES string of the molecule is CCN(CC)S(=O)(=O)c1cccc(NC(=O)CN2CCn3cccc3C2c2ccccc2)c1. The van der Waals surface area contributed by atoms with Gasteiger partial charge in [0.15, 0.2) is 0 Å². The van der Waals surface area contributed by atoms with Crippen LogP contribution in [0, 0.1) is 0 Å². The number of aromatic nitrogens is 1. The Hall–Kier alpha value is -2.94. The van der Waals surface area contributed by atoms with Gasteiger partial charge < -0.3 is 9.88 Å². The predicted octanol–water partition coefficient (Wildman–Crippen LogP) is 3.56. The zero-order chi connectivity index (χ0) is 23.4. The quantitative estimate of drug-likeness (QED) is 0.551. The van der Waals surface area contributed by atoms with Crippen molar-refractivity contribution in [2.45, 2.75) is 31.3 Å². The van der Waals surface area contributed by atoms with Gasteiger partial charge in [0.05, 0.1) is 17.5 Å². The lowest BCUT2D eigenvalue weighted by atomic mass is 10.00. The van der Waals surface area contributed by atoms with Gasteiger partial charge >= 0.3 is 0 Å². The van der Waals surface area contributed by atoms with E-state index in [-0.39, 0.29) is 23.4 Å². The molecule has 174 valence electrons. The molecule has 3 aromatic rings. The van der Waals surface area contributed by atoms with E-state index in [1.54, 1.807) is 18.2 Å². The number of hydrogen-bond donors (Lipinski definition) is 1. The molecule has 2 aromatic carbocycles. The highest BCUT2D eigenvalue weighted by Gasteiger charge is 2.30. The van der Waals surface area contributed by atoms with Crippen molar-refractivity contribution >= 4 is 21.6 Å². The summed E-state index contributed by atoms with van der Waals surface area (Å²) in [6.07, 6.45) is 2.07. The van der Waals surface area contributed by atoms with Crippen molar-refractivity contribution in [2.75, 3.05) is 31.5 Å². The highest BCUT2D eigenvalue weighted by molar-refractivity contribution is 7.89. The second kappa shape index (κ2) is 9.91. The molecule has 0 saturated carbocycles. The number of benzene rings is 2. The van der Waals surface area contributed by atoms with Crippen LogP contribution in [0.2, 0.25) is 0 Å². The first kappa shape index (κ1) is 23.2. The van der Waals surface area contributed by atoms with E-state index in [1.165, 1.54) is 10.4 Å². The number of rotatable bonds is 8.